The van der Waals surface area contributed by atoms with Gasteiger partial charge in [0.2, 0.25) is 0 Å². The molecular weight excluding hydrogens is 456 g/mol. The molecule has 35 heavy (non-hydrogen) atoms. The number of hydrogen-bond donors (Lipinski definition) is 1. The number of carboxylic acids is 1. The first-order valence-electron chi connectivity index (χ1n) is 11.7. The molecule has 1 N–H and O–H groups in total. The smallest absolute Gasteiger partial charge is 0.345 e. The third-order valence-electron chi connectivity index (χ3n) is 6.39. The summed E-state index contributed by atoms with van der Waals surface area (Å²) >= 11 is 1.25. The summed E-state index contributed by atoms with van der Waals surface area (Å²) in [5.41, 5.74) is 8.51. The summed E-state index contributed by atoms with van der Waals surface area (Å²) in [5.74, 6) is -0.129. The van der Waals surface area contributed by atoms with Crippen molar-refractivity contribution in [1.29, 1.82) is 0 Å². The lowest BCUT2D eigenvalue weighted by atomic mass is 9.98. The Balaban J connectivity index is 1.43. The van der Waals surface area contributed by atoms with Crippen molar-refractivity contribution in [2.24, 2.45) is 0 Å². The molecule has 3 heterocycles. The lowest BCUT2D eigenvalue weighted by Crippen LogP contribution is -2.26. The third kappa shape index (κ3) is 4.99. The van der Waals surface area contributed by atoms with Crippen molar-refractivity contribution in [3.05, 3.63) is 93.4 Å². The van der Waals surface area contributed by atoms with Gasteiger partial charge in [-0.1, -0.05) is 35.9 Å². The number of aromatic carboxylic acids is 1. The SMILES string of the molecule is Cc1ccc(OCc2ccc3c(c2)CCN(C)C3)c(-c2cccc(-c3sc(C(=O)O)cc3C)n2)c1. The second-order valence-electron chi connectivity index (χ2n) is 9.22. The zero-order valence-corrected chi connectivity index (χ0v) is 21.0. The zero-order valence-electron chi connectivity index (χ0n) is 20.2. The van der Waals surface area contributed by atoms with Crippen molar-refractivity contribution in [3.63, 3.8) is 0 Å². The minimum absolute atomic E-state index is 0.320. The number of carbonyl (C=O) groups is 1. The van der Waals surface area contributed by atoms with Gasteiger partial charge in [-0.05, 0) is 79.9 Å². The number of likely N-dealkylation sites (N-methyl/N-ethyl adjacent to an activating group) is 1. The van der Waals surface area contributed by atoms with E-state index < -0.39 is 5.97 Å². The van der Waals surface area contributed by atoms with Gasteiger partial charge in [0.15, 0.2) is 0 Å². The highest BCUT2D eigenvalue weighted by Gasteiger charge is 2.17. The van der Waals surface area contributed by atoms with Gasteiger partial charge in [0, 0.05) is 18.7 Å². The van der Waals surface area contributed by atoms with Crippen LogP contribution < -0.4 is 4.74 Å². The largest absolute Gasteiger partial charge is 0.488 e. The molecule has 178 valence electrons. The Hall–Kier alpha value is -3.48. The monoisotopic (exact) mass is 484 g/mol. The van der Waals surface area contributed by atoms with Crippen LogP contribution in [-0.2, 0) is 19.6 Å². The first-order valence-corrected chi connectivity index (χ1v) is 12.5. The number of pyridine rings is 1. The van der Waals surface area contributed by atoms with Crippen LogP contribution in [0.4, 0.5) is 0 Å². The molecule has 4 aromatic rings. The first-order chi connectivity index (χ1) is 16.9. The summed E-state index contributed by atoms with van der Waals surface area (Å²) in [6.07, 6.45) is 1.07. The van der Waals surface area contributed by atoms with Crippen LogP contribution in [0.2, 0.25) is 0 Å². The van der Waals surface area contributed by atoms with Crippen molar-refractivity contribution >= 4 is 17.3 Å². The molecule has 0 bridgehead atoms. The summed E-state index contributed by atoms with van der Waals surface area (Å²) in [6, 6.07) is 20.4. The normalized spacial score (nSPS) is 13.5. The number of aromatic nitrogens is 1. The molecule has 2 aromatic heterocycles. The maximum absolute atomic E-state index is 11.4. The summed E-state index contributed by atoms with van der Waals surface area (Å²) < 4.78 is 6.32. The van der Waals surface area contributed by atoms with E-state index in [1.165, 1.54) is 22.5 Å². The van der Waals surface area contributed by atoms with E-state index >= 15 is 0 Å². The van der Waals surface area contributed by atoms with E-state index in [1.807, 2.05) is 37.3 Å². The Kier molecular flexibility index (Phi) is 6.41. The van der Waals surface area contributed by atoms with Gasteiger partial charge >= 0.3 is 5.97 Å². The van der Waals surface area contributed by atoms with Crippen molar-refractivity contribution in [3.8, 4) is 27.6 Å². The van der Waals surface area contributed by atoms with Crippen molar-refractivity contribution in [1.82, 2.24) is 9.88 Å². The van der Waals surface area contributed by atoms with E-state index in [4.69, 9.17) is 9.72 Å². The van der Waals surface area contributed by atoms with Gasteiger partial charge < -0.3 is 14.7 Å². The number of nitrogens with zero attached hydrogens (tertiary/aromatic N) is 2. The molecule has 5 rings (SSSR count). The predicted molar refractivity (Wildman–Crippen MR) is 140 cm³/mol. The average Bonchev–Trinajstić information content (AvgIpc) is 3.25. The lowest BCUT2D eigenvalue weighted by molar-refractivity contribution is 0.0702. The fraction of sp³-hybridized carbons (Fsp3) is 0.241. The lowest BCUT2D eigenvalue weighted by Gasteiger charge is -2.25. The maximum Gasteiger partial charge on any atom is 0.345 e. The second-order valence-corrected chi connectivity index (χ2v) is 10.3. The molecule has 0 amide bonds. The van der Waals surface area contributed by atoms with Gasteiger partial charge in [-0.15, -0.1) is 11.3 Å². The van der Waals surface area contributed by atoms with Crippen LogP contribution in [0.25, 0.3) is 21.8 Å². The topological polar surface area (TPSA) is 62.7 Å². The van der Waals surface area contributed by atoms with Gasteiger partial charge in [0.1, 0.15) is 17.2 Å². The summed E-state index contributed by atoms with van der Waals surface area (Å²) in [5, 5.41) is 9.37. The van der Waals surface area contributed by atoms with Gasteiger partial charge in [-0.3, -0.25) is 0 Å². The molecule has 1 aliphatic rings. The highest BCUT2D eigenvalue weighted by atomic mass is 32.1. The molecular formula is C29H28N2O3S. The van der Waals surface area contributed by atoms with E-state index in [-0.39, 0.29) is 0 Å². The summed E-state index contributed by atoms with van der Waals surface area (Å²) in [4.78, 5) is 19.9. The number of thiophene rings is 1. The Morgan fingerprint density at radius 2 is 1.89 bits per heavy atom. The van der Waals surface area contributed by atoms with Gasteiger partial charge in [0.25, 0.3) is 0 Å². The molecule has 0 atom stereocenters. The number of aryl methyl sites for hydroxylation is 2. The van der Waals surface area contributed by atoms with E-state index in [0.717, 1.165) is 63.8 Å². The van der Waals surface area contributed by atoms with Crippen LogP contribution in [-0.4, -0.2) is 34.6 Å². The third-order valence-corrected chi connectivity index (χ3v) is 7.64. The number of rotatable bonds is 6. The van der Waals surface area contributed by atoms with Gasteiger partial charge in [0.05, 0.1) is 16.3 Å². The van der Waals surface area contributed by atoms with E-state index in [2.05, 4.69) is 43.1 Å². The first kappa shape index (κ1) is 23.3. The summed E-state index contributed by atoms with van der Waals surface area (Å²) in [7, 11) is 2.16. The molecule has 5 nitrogen and oxygen atoms in total. The van der Waals surface area contributed by atoms with Crippen LogP contribution in [0.3, 0.4) is 0 Å². The fourth-order valence-electron chi connectivity index (χ4n) is 4.52. The molecule has 0 radical (unpaired) electrons. The predicted octanol–water partition coefficient (Wildman–Crippen LogP) is 6.36. The number of benzene rings is 2. The minimum Gasteiger partial charge on any atom is -0.488 e. The van der Waals surface area contributed by atoms with Crippen LogP contribution in [0.15, 0.2) is 60.7 Å². The fourth-order valence-corrected chi connectivity index (χ4v) is 5.50. The van der Waals surface area contributed by atoms with Crippen molar-refractivity contribution in [2.75, 3.05) is 13.6 Å². The van der Waals surface area contributed by atoms with Crippen LogP contribution in [0, 0.1) is 13.8 Å². The molecule has 0 unspecified atom stereocenters. The summed E-state index contributed by atoms with van der Waals surface area (Å²) in [6.45, 7) is 6.55. The quantitative estimate of drug-likeness (QED) is 0.345. The minimum atomic E-state index is -0.913. The zero-order chi connectivity index (χ0) is 24.5. The Morgan fingerprint density at radius 1 is 1.06 bits per heavy atom. The highest BCUT2D eigenvalue weighted by molar-refractivity contribution is 7.17. The Morgan fingerprint density at radius 3 is 2.69 bits per heavy atom. The average molecular weight is 485 g/mol. The molecule has 0 aliphatic carbocycles. The molecule has 6 heteroatoms. The maximum atomic E-state index is 11.4. The molecule has 0 fully saturated rings. The highest BCUT2D eigenvalue weighted by Crippen LogP contribution is 2.35. The van der Waals surface area contributed by atoms with Crippen LogP contribution in [0.1, 0.15) is 37.5 Å². The standard InChI is InChI=1S/C29H28N2O3S/c1-18-7-10-26(34-17-20-8-9-22-16-31(3)12-11-21(22)15-20)23(13-18)24-5-4-6-25(30-24)28-19(2)14-27(35-28)29(32)33/h4-10,13-15H,11-12,16-17H2,1-3H3,(H,32,33). The van der Waals surface area contributed by atoms with Crippen LogP contribution >= 0.6 is 11.3 Å². The second kappa shape index (κ2) is 9.64. The van der Waals surface area contributed by atoms with Gasteiger partial charge in [-0.2, -0.15) is 0 Å². The van der Waals surface area contributed by atoms with Crippen molar-refractivity contribution < 1.29 is 14.6 Å². The number of hydrogen-bond acceptors (Lipinski definition) is 5. The molecule has 0 saturated heterocycles. The van der Waals surface area contributed by atoms with Crippen LogP contribution in [0.5, 0.6) is 5.75 Å². The number of ether oxygens (including phenoxy) is 1. The van der Waals surface area contributed by atoms with Crippen molar-refractivity contribution in [2.45, 2.75) is 33.4 Å². The number of carboxylic acid groups (broad SMARTS) is 1. The van der Waals surface area contributed by atoms with E-state index in [0.29, 0.717) is 11.5 Å². The molecule has 0 spiro atoms. The van der Waals surface area contributed by atoms with E-state index in [1.54, 1.807) is 6.07 Å². The Bertz CT molecular complexity index is 1410. The Labute approximate surface area is 209 Å². The number of fused-ring (bicyclic) bond motifs is 1. The molecule has 1 aliphatic heterocycles. The van der Waals surface area contributed by atoms with Gasteiger partial charge in [-0.25, -0.2) is 9.78 Å². The molecule has 2 aromatic carbocycles. The van der Waals surface area contributed by atoms with E-state index in [9.17, 15) is 9.90 Å². The molecule has 0 saturated carbocycles.